The van der Waals surface area contributed by atoms with Gasteiger partial charge in [-0.3, -0.25) is 0 Å². The summed E-state index contributed by atoms with van der Waals surface area (Å²) in [6, 6.07) is 8.81. The molecule has 1 N–H and O–H groups in total. The molecule has 0 radical (unpaired) electrons. The summed E-state index contributed by atoms with van der Waals surface area (Å²) in [6.45, 7) is 17.3. The van der Waals surface area contributed by atoms with Gasteiger partial charge in [-0.25, -0.2) is 0 Å². The largest absolute Gasteiger partial charge is 0.494 e. The molecule has 0 bridgehead atoms. The van der Waals surface area contributed by atoms with Crippen LogP contribution in [0, 0.1) is 6.92 Å². The van der Waals surface area contributed by atoms with Crippen molar-refractivity contribution in [2.75, 3.05) is 13.7 Å². The van der Waals surface area contributed by atoms with Crippen LogP contribution in [0.1, 0.15) is 66.9 Å². The van der Waals surface area contributed by atoms with E-state index in [0.717, 1.165) is 18.8 Å². The second-order valence-electron chi connectivity index (χ2n) is 4.46. The van der Waals surface area contributed by atoms with Gasteiger partial charge in [0.1, 0.15) is 5.75 Å². The van der Waals surface area contributed by atoms with Crippen molar-refractivity contribution in [3.05, 3.63) is 29.8 Å². The van der Waals surface area contributed by atoms with Crippen molar-refractivity contribution in [2.24, 2.45) is 0 Å². The molecule has 0 heterocycles. The van der Waals surface area contributed by atoms with Crippen LogP contribution >= 0.6 is 0 Å². The number of rotatable bonds is 5. The average Bonchev–Trinajstić information content (AvgIpc) is 2.54. The van der Waals surface area contributed by atoms with E-state index >= 15 is 0 Å². The Bertz CT molecular complexity index is 267. The molecule has 2 nitrogen and oxygen atoms in total. The van der Waals surface area contributed by atoms with Gasteiger partial charge >= 0.3 is 0 Å². The molecule has 0 spiro atoms. The highest BCUT2D eigenvalue weighted by Gasteiger charge is 1.91. The first-order valence-electron chi connectivity index (χ1n) is 8.46. The summed E-state index contributed by atoms with van der Waals surface area (Å²) in [5, 5.41) is 3.03. The van der Waals surface area contributed by atoms with Crippen LogP contribution in [-0.2, 0) is 0 Å². The van der Waals surface area contributed by atoms with E-state index in [1.54, 1.807) is 0 Å². The molecule has 0 aliphatic heterocycles. The van der Waals surface area contributed by atoms with Crippen LogP contribution in [0.5, 0.6) is 5.75 Å². The van der Waals surface area contributed by atoms with Crippen LogP contribution in [-0.4, -0.2) is 19.7 Å². The second-order valence-corrected chi connectivity index (χ2v) is 4.46. The number of nitrogens with one attached hydrogen (secondary N) is 1. The minimum atomic E-state index is 0.634. The topological polar surface area (TPSA) is 21.3 Å². The zero-order chi connectivity index (χ0) is 17.1. The van der Waals surface area contributed by atoms with Crippen LogP contribution in [0.3, 0.4) is 0 Å². The summed E-state index contributed by atoms with van der Waals surface area (Å²) < 4.78 is 5.50. The molecule has 0 fully saturated rings. The van der Waals surface area contributed by atoms with E-state index in [9.17, 15) is 0 Å². The number of ether oxygens (including phenoxy) is 1. The summed E-state index contributed by atoms with van der Waals surface area (Å²) in [7, 11) is 1.95. The normalized spacial score (nSPS) is 8.48. The Morgan fingerprint density at radius 3 is 1.76 bits per heavy atom. The molecule has 1 rings (SSSR count). The smallest absolute Gasteiger partial charge is 0.119 e. The summed E-state index contributed by atoms with van der Waals surface area (Å²) in [6.07, 6.45) is 2.32. The highest BCUT2D eigenvalue weighted by Crippen LogP contribution is 2.11. The van der Waals surface area contributed by atoms with E-state index in [1.807, 2.05) is 46.9 Å². The molecular formula is C19H39NO. The van der Waals surface area contributed by atoms with Gasteiger partial charge in [-0.1, -0.05) is 72.6 Å². The molecule has 126 valence electrons. The Labute approximate surface area is 134 Å². The molecule has 0 aliphatic rings. The fourth-order valence-electron chi connectivity index (χ4n) is 0.969. The number of aryl methyl sites for hydroxylation is 1. The minimum absolute atomic E-state index is 0.634. The van der Waals surface area contributed by atoms with Crippen molar-refractivity contribution in [2.45, 2.75) is 74.3 Å². The van der Waals surface area contributed by atoms with E-state index in [0.29, 0.717) is 6.04 Å². The van der Waals surface area contributed by atoms with Gasteiger partial charge in [0, 0.05) is 6.04 Å². The van der Waals surface area contributed by atoms with Crippen molar-refractivity contribution < 1.29 is 4.74 Å². The molecule has 0 saturated heterocycles. The van der Waals surface area contributed by atoms with E-state index < -0.39 is 0 Å². The number of hydrogen-bond acceptors (Lipinski definition) is 2. The van der Waals surface area contributed by atoms with E-state index in [2.05, 4.69) is 45.1 Å². The van der Waals surface area contributed by atoms with Gasteiger partial charge in [-0.05, 0) is 32.5 Å². The number of benzene rings is 1. The predicted molar refractivity (Wildman–Crippen MR) is 98.5 cm³/mol. The molecule has 0 saturated carbocycles. The predicted octanol–water partition coefficient (Wildman–Crippen LogP) is 5.84. The van der Waals surface area contributed by atoms with Crippen molar-refractivity contribution in [3.8, 4) is 5.75 Å². The molecule has 2 heteroatoms. The zero-order valence-corrected chi connectivity index (χ0v) is 15.9. The lowest BCUT2D eigenvalue weighted by molar-refractivity contribution is 0.309. The molecule has 0 amide bonds. The van der Waals surface area contributed by atoms with Crippen molar-refractivity contribution in [3.63, 3.8) is 0 Å². The SMILES string of the molecule is CC.CC.CCCCOc1ccc(C)cc1.CNC(C)C. The fraction of sp³-hybridized carbons (Fsp3) is 0.684. The Hall–Kier alpha value is -1.02. The highest BCUT2D eigenvalue weighted by atomic mass is 16.5. The Kier molecular flexibility index (Phi) is 25.3. The summed E-state index contributed by atoms with van der Waals surface area (Å²) in [5.41, 5.74) is 1.28. The van der Waals surface area contributed by atoms with Crippen molar-refractivity contribution in [1.29, 1.82) is 0 Å². The summed E-state index contributed by atoms with van der Waals surface area (Å²) in [4.78, 5) is 0. The summed E-state index contributed by atoms with van der Waals surface area (Å²) >= 11 is 0. The maximum absolute atomic E-state index is 5.50. The van der Waals surface area contributed by atoms with Crippen molar-refractivity contribution >= 4 is 0 Å². The lowest BCUT2D eigenvalue weighted by atomic mass is 10.2. The molecule has 0 atom stereocenters. The lowest BCUT2D eigenvalue weighted by Crippen LogP contribution is -2.15. The fourth-order valence-corrected chi connectivity index (χ4v) is 0.969. The van der Waals surface area contributed by atoms with Gasteiger partial charge in [0.2, 0.25) is 0 Å². The maximum Gasteiger partial charge on any atom is 0.119 e. The molecular weight excluding hydrogens is 258 g/mol. The quantitative estimate of drug-likeness (QED) is 0.689. The molecule has 1 aromatic carbocycles. The lowest BCUT2D eigenvalue weighted by Gasteiger charge is -2.04. The van der Waals surface area contributed by atoms with Gasteiger partial charge in [0.25, 0.3) is 0 Å². The molecule has 0 aromatic heterocycles. The highest BCUT2D eigenvalue weighted by molar-refractivity contribution is 5.26. The van der Waals surface area contributed by atoms with E-state index in [1.165, 1.54) is 12.0 Å². The second kappa shape index (κ2) is 21.3. The van der Waals surface area contributed by atoms with Crippen LogP contribution < -0.4 is 10.1 Å². The van der Waals surface area contributed by atoms with Gasteiger partial charge < -0.3 is 10.1 Å². The van der Waals surface area contributed by atoms with E-state index in [-0.39, 0.29) is 0 Å². The standard InChI is InChI=1S/C11H16O.C4H11N.2C2H6/c1-3-4-9-12-11-7-5-10(2)6-8-11;1-4(2)5-3;2*1-2/h5-8H,3-4,9H2,1-2H3;4-5H,1-3H3;2*1-2H3. The maximum atomic E-state index is 5.50. The Morgan fingerprint density at radius 1 is 1.00 bits per heavy atom. The zero-order valence-electron chi connectivity index (χ0n) is 15.9. The number of hydrogen-bond donors (Lipinski definition) is 1. The Morgan fingerprint density at radius 2 is 1.43 bits per heavy atom. The first kappa shape index (κ1) is 25.0. The monoisotopic (exact) mass is 297 g/mol. The molecule has 0 aliphatic carbocycles. The third-order valence-electron chi connectivity index (χ3n) is 2.36. The molecule has 21 heavy (non-hydrogen) atoms. The van der Waals surface area contributed by atoms with Gasteiger partial charge in [-0.2, -0.15) is 0 Å². The van der Waals surface area contributed by atoms with Crippen LogP contribution in [0.25, 0.3) is 0 Å². The van der Waals surface area contributed by atoms with Gasteiger partial charge in [0.05, 0.1) is 6.61 Å². The average molecular weight is 298 g/mol. The third kappa shape index (κ3) is 21.4. The van der Waals surface area contributed by atoms with Gasteiger partial charge in [-0.15, -0.1) is 0 Å². The summed E-state index contributed by atoms with van der Waals surface area (Å²) in [5.74, 6) is 0.981. The third-order valence-corrected chi connectivity index (χ3v) is 2.36. The van der Waals surface area contributed by atoms with Crippen LogP contribution in [0.4, 0.5) is 0 Å². The minimum Gasteiger partial charge on any atom is -0.494 e. The van der Waals surface area contributed by atoms with Crippen LogP contribution in [0.15, 0.2) is 24.3 Å². The molecule has 1 aromatic rings. The first-order chi connectivity index (χ1) is 10.1. The van der Waals surface area contributed by atoms with Crippen molar-refractivity contribution in [1.82, 2.24) is 5.32 Å². The molecule has 0 unspecified atom stereocenters. The number of unbranched alkanes of at least 4 members (excludes halogenated alkanes) is 1. The van der Waals surface area contributed by atoms with Crippen LogP contribution in [0.2, 0.25) is 0 Å². The van der Waals surface area contributed by atoms with Gasteiger partial charge in [0.15, 0.2) is 0 Å². The first-order valence-corrected chi connectivity index (χ1v) is 8.46. The Balaban J connectivity index is -0.000000304. The van der Waals surface area contributed by atoms with E-state index in [4.69, 9.17) is 4.74 Å².